The number of esters is 1. The van der Waals surface area contributed by atoms with Gasteiger partial charge in [-0.1, -0.05) is 36.4 Å². The predicted octanol–water partition coefficient (Wildman–Crippen LogP) is 2.06. The van der Waals surface area contributed by atoms with Crippen molar-refractivity contribution in [3.63, 3.8) is 0 Å². The van der Waals surface area contributed by atoms with Gasteiger partial charge in [-0.15, -0.1) is 18.3 Å². The Kier molecular flexibility index (Phi) is 8.04. The molecule has 11 nitrogen and oxygen atoms in total. The molecule has 2 aromatic rings. The molecule has 1 aromatic heterocycles. The van der Waals surface area contributed by atoms with Crippen molar-refractivity contribution >= 4 is 28.8 Å². The summed E-state index contributed by atoms with van der Waals surface area (Å²) in [4.78, 5) is 44.9. The molecule has 1 N–H and O–H groups in total. The van der Waals surface area contributed by atoms with E-state index in [1.807, 2.05) is 31.2 Å². The standard InChI is InChI=1S/C29H37N5O6/c1-4-7-10-16-39-28(38)23-22-13-14-29(40-22)24(23)26(36)34(19(6-3)17-35)25(29)27(37)32(15-5-2)18-33-21-12-9-8-11-20(21)30-31-33/h4-5,8-9,11-12,19,22-25,35H,1-2,6-7,10,13-18H2,3H3/t19-,22+,23-,24-,25?,29?/m0/s1. The number of amides is 2. The third-order valence-corrected chi connectivity index (χ3v) is 8.50. The van der Waals surface area contributed by atoms with Crippen molar-refractivity contribution in [2.75, 3.05) is 19.8 Å². The first-order valence-electron chi connectivity index (χ1n) is 14.0. The van der Waals surface area contributed by atoms with Crippen molar-refractivity contribution in [2.45, 2.75) is 69.5 Å². The number of likely N-dealkylation sites (tertiary alicyclic amines) is 1. The number of fused-ring (bicyclic) bond motifs is 2. The van der Waals surface area contributed by atoms with E-state index < -0.39 is 41.6 Å². The predicted molar refractivity (Wildman–Crippen MR) is 145 cm³/mol. The van der Waals surface area contributed by atoms with Crippen LogP contribution in [0.5, 0.6) is 0 Å². The molecule has 0 saturated carbocycles. The van der Waals surface area contributed by atoms with Crippen LogP contribution in [-0.4, -0.2) is 91.2 Å². The number of carbonyl (C=O) groups is 3. The molecule has 3 fully saturated rings. The van der Waals surface area contributed by atoms with Crippen LogP contribution in [0.25, 0.3) is 11.0 Å². The van der Waals surface area contributed by atoms with Crippen molar-refractivity contribution < 1.29 is 29.0 Å². The third kappa shape index (κ3) is 4.50. The molecule has 3 saturated heterocycles. The highest BCUT2D eigenvalue weighted by atomic mass is 16.6. The summed E-state index contributed by atoms with van der Waals surface area (Å²) in [6.07, 6.45) is 5.66. The number of aliphatic hydroxyl groups is 1. The number of ether oxygens (including phenoxy) is 2. The van der Waals surface area contributed by atoms with Crippen molar-refractivity contribution in [1.82, 2.24) is 24.8 Å². The summed E-state index contributed by atoms with van der Waals surface area (Å²) in [6.45, 7) is 9.56. The van der Waals surface area contributed by atoms with Gasteiger partial charge in [0.05, 0.1) is 42.7 Å². The summed E-state index contributed by atoms with van der Waals surface area (Å²) in [6, 6.07) is 5.83. The molecule has 11 heteroatoms. The lowest BCUT2D eigenvalue weighted by atomic mass is 9.70. The van der Waals surface area contributed by atoms with E-state index in [-0.39, 0.29) is 38.2 Å². The Morgan fingerprint density at radius 2 is 2.12 bits per heavy atom. The molecule has 214 valence electrons. The van der Waals surface area contributed by atoms with Gasteiger partial charge in [0.15, 0.2) is 0 Å². The SMILES string of the molecule is C=CCCCOC(=O)[C@@H]1[C@H]2C(=O)N([C@@H](CC)CO)C(C(=O)N(CC=C)Cn3nnc4ccccc43)C23CC[C@H]1O3. The zero-order valence-electron chi connectivity index (χ0n) is 22.9. The third-order valence-electron chi connectivity index (χ3n) is 8.50. The number of benzene rings is 1. The smallest absolute Gasteiger partial charge is 0.312 e. The summed E-state index contributed by atoms with van der Waals surface area (Å²) in [7, 11) is 0. The molecule has 2 unspecified atom stereocenters. The summed E-state index contributed by atoms with van der Waals surface area (Å²) in [5.74, 6) is -2.82. The van der Waals surface area contributed by atoms with Gasteiger partial charge >= 0.3 is 5.97 Å². The van der Waals surface area contributed by atoms with Crippen LogP contribution in [0, 0.1) is 11.8 Å². The average molecular weight is 552 g/mol. The quantitative estimate of drug-likeness (QED) is 0.228. The number of aliphatic hydroxyl groups excluding tert-OH is 1. The fourth-order valence-electron chi connectivity index (χ4n) is 6.67. The zero-order valence-corrected chi connectivity index (χ0v) is 22.9. The second-order valence-corrected chi connectivity index (χ2v) is 10.7. The van der Waals surface area contributed by atoms with Gasteiger partial charge in [0.2, 0.25) is 11.8 Å². The Labute approximate surface area is 233 Å². The summed E-state index contributed by atoms with van der Waals surface area (Å²) in [5, 5.41) is 18.7. The average Bonchev–Trinajstić information content (AvgIpc) is 3.71. The van der Waals surface area contributed by atoms with Gasteiger partial charge in [-0.25, -0.2) is 4.68 Å². The van der Waals surface area contributed by atoms with Crippen molar-refractivity contribution in [1.29, 1.82) is 0 Å². The minimum atomic E-state index is -1.18. The number of aromatic nitrogens is 3. The van der Waals surface area contributed by atoms with E-state index in [0.717, 1.165) is 5.52 Å². The minimum Gasteiger partial charge on any atom is -0.465 e. The van der Waals surface area contributed by atoms with Crippen LogP contribution in [0.2, 0.25) is 0 Å². The van der Waals surface area contributed by atoms with Crippen molar-refractivity contribution in [3.8, 4) is 0 Å². The fraction of sp³-hybridized carbons (Fsp3) is 0.552. The lowest BCUT2D eigenvalue weighted by Crippen LogP contribution is -2.58. The molecular formula is C29H37N5O6. The number of hydrogen-bond acceptors (Lipinski definition) is 8. The summed E-state index contributed by atoms with van der Waals surface area (Å²) in [5.41, 5.74) is 0.276. The maximum atomic E-state index is 14.5. The van der Waals surface area contributed by atoms with Crippen LogP contribution < -0.4 is 0 Å². The minimum absolute atomic E-state index is 0.0821. The Hall–Kier alpha value is -3.57. The van der Waals surface area contributed by atoms with Crippen LogP contribution in [0.4, 0.5) is 0 Å². The molecule has 0 radical (unpaired) electrons. The normalized spacial score (nSPS) is 27.6. The van der Waals surface area contributed by atoms with Crippen LogP contribution in [-0.2, 0) is 30.5 Å². The van der Waals surface area contributed by atoms with Crippen LogP contribution in [0.15, 0.2) is 49.6 Å². The molecule has 1 spiro atoms. The molecule has 0 aliphatic carbocycles. The highest BCUT2D eigenvalue weighted by Gasteiger charge is 2.75. The summed E-state index contributed by atoms with van der Waals surface area (Å²) >= 11 is 0. The lowest BCUT2D eigenvalue weighted by Gasteiger charge is -2.39. The number of nitrogens with zero attached hydrogens (tertiary/aromatic N) is 5. The van der Waals surface area contributed by atoms with Gasteiger partial charge < -0.3 is 24.4 Å². The molecule has 6 atom stereocenters. The number of allylic oxidation sites excluding steroid dienone is 1. The molecule has 2 bridgehead atoms. The van der Waals surface area contributed by atoms with E-state index in [1.54, 1.807) is 21.7 Å². The molecule has 3 aliphatic rings. The molecule has 4 heterocycles. The van der Waals surface area contributed by atoms with Crippen molar-refractivity contribution in [2.24, 2.45) is 11.8 Å². The molecule has 3 aliphatic heterocycles. The van der Waals surface area contributed by atoms with Gasteiger partial charge in [-0.2, -0.15) is 0 Å². The van der Waals surface area contributed by atoms with Crippen molar-refractivity contribution in [3.05, 3.63) is 49.6 Å². The molecule has 2 amide bonds. The number of carbonyl (C=O) groups excluding carboxylic acids is 3. The Morgan fingerprint density at radius 3 is 2.85 bits per heavy atom. The van der Waals surface area contributed by atoms with Crippen LogP contribution >= 0.6 is 0 Å². The first kappa shape index (κ1) is 28.0. The second-order valence-electron chi connectivity index (χ2n) is 10.7. The van der Waals surface area contributed by atoms with Crippen LogP contribution in [0.1, 0.15) is 39.0 Å². The lowest BCUT2D eigenvalue weighted by molar-refractivity contribution is -0.157. The fourth-order valence-corrected chi connectivity index (χ4v) is 6.67. The second kappa shape index (κ2) is 11.5. The largest absolute Gasteiger partial charge is 0.465 e. The monoisotopic (exact) mass is 551 g/mol. The van der Waals surface area contributed by atoms with Crippen LogP contribution in [0.3, 0.4) is 0 Å². The molecule has 40 heavy (non-hydrogen) atoms. The molecular weight excluding hydrogens is 514 g/mol. The Balaban J connectivity index is 1.49. The van der Waals surface area contributed by atoms with Gasteiger partial charge in [0.25, 0.3) is 0 Å². The van der Waals surface area contributed by atoms with Gasteiger partial charge in [0.1, 0.15) is 23.8 Å². The number of hydrogen-bond donors (Lipinski definition) is 1. The van der Waals surface area contributed by atoms with E-state index in [2.05, 4.69) is 23.5 Å². The Bertz CT molecular complexity index is 1290. The van der Waals surface area contributed by atoms with E-state index in [1.165, 1.54) is 4.90 Å². The Morgan fingerprint density at radius 1 is 1.32 bits per heavy atom. The van der Waals surface area contributed by atoms with E-state index in [9.17, 15) is 19.5 Å². The van der Waals surface area contributed by atoms with E-state index in [4.69, 9.17) is 9.47 Å². The maximum Gasteiger partial charge on any atom is 0.312 e. The zero-order chi connectivity index (χ0) is 28.4. The van der Waals surface area contributed by atoms with E-state index in [0.29, 0.717) is 37.6 Å². The molecule has 1 aromatic carbocycles. The van der Waals surface area contributed by atoms with Gasteiger partial charge in [-0.05, 0) is 44.2 Å². The highest BCUT2D eigenvalue weighted by molar-refractivity contribution is 5.98. The number of rotatable bonds is 13. The summed E-state index contributed by atoms with van der Waals surface area (Å²) < 4.78 is 13.7. The highest BCUT2D eigenvalue weighted by Crippen LogP contribution is 2.59. The number of unbranched alkanes of at least 4 members (excludes halogenated alkanes) is 1. The number of para-hydroxylation sites is 1. The first-order valence-corrected chi connectivity index (χ1v) is 14.0. The maximum absolute atomic E-state index is 14.5. The topological polar surface area (TPSA) is 127 Å². The molecule has 5 rings (SSSR count). The van der Waals surface area contributed by atoms with Gasteiger partial charge in [-0.3, -0.25) is 14.4 Å². The van der Waals surface area contributed by atoms with Gasteiger partial charge in [0, 0.05) is 6.54 Å². The first-order chi connectivity index (χ1) is 19.4. The van der Waals surface area contributed by atoms with E-state index >= 15 is 0 Å².